The highest BCUT2D eigenvalue weighted by Gasteiger charge is 2.34. The summed E-state index contributed by atoms with van der Waals surface area (Å²) in [4.78, 5) is 0. The summed E-state index contributed by atoms with van der Waals surface area (Å²) in [5.74, 6) is 0. The molecule has 0 aromatic heterocycles. The zero-order chi connectivity index (χ0) is 53.1. The third-order valence-electron chi connectivity index (χ3n) is 18.1. The Morgan fingerprint density at radius 1 is 0.175 bits per heavy atom. The molecule has 16 aromatic rings. The first-order valence-corrected chi connectivity index (χ1v) is 28.2. The van der Waals surface area contributed by atoms with E-state index in [0.717, 1.165) is 0 Å². The third kappa shape index (κ3) is 6.39. The summed E-state index contributed by atoms with van der Waals surface area (Å²) >= 11 is 0. The van der Waals surface area contributed by atoms with Crippen molar-refractivity contribution in [1.29, 1.82) is 0 Å². The van der Waals surface area contributed by atoms with Crippen LogP contribution in [0.3, 0.4) is 0 Å². The summed E-state index contributed by atoms with van der Waals surface area (Å²) in [5.41, 5.74) is 25.1. The molecule has 0 saturated heterocycles. The van der Waals surface area contributed by atoms with E-state index in [-0.39, 0.29) is 0 Å². The summed E-state index contributed by atoms with van der Waals surface area (Å²) in [5, 5.41) is 21.0. The summed E-state index contributed by atoms with van der Waals surface area (Å²) in [7, 11) is 0. The van der Waals surface area contributed by atoms with Gasteiger partial charge in [0.1, 0.15) is 0 Å². The molecule has 16 aromatic carbocycles. The number of benzene rings is 16. The van der Waals surface area contributed by atoms with Crippen LogP contribution >= 0.6 is 0 Å². The van der Waals surface area contributed by atoms with E-state index in [2.05, 4.69) is 270 Å². The van der Waals surface area contributed by atoms with Crippen molar-refractivity contribution >= 4 is 86.2 Å². The van der Waals surface area contributed by atoms with Gasteiger partial charge >= 0.3 is 0 Å². The zero-order valence-corrected chi connectivity index (χ0v) is 45.1. The van der Waals surface area contributed by atoms with Crippen molar-refractivity contribution in [1.82, 2.24) is 0 Å². The van der Waals surface area contributed by atoms with Gasteiger partial charge in [-0.05, 0) is 227 Å². The van der Waals surface area contributed by atoms with Crippen molar-refractivity contribution in [2.45, 2.75) is 27.7 Å². The fraction of sp³-hybridized carbons (Fsp3) is 0.0500. The summed E-state index contributed by atoms with van der Waals surface area (Å²) in [6, 6.07) is 93.2. The van der Waals surface area contributed by atoms with Crippen molar-refractivity contribution in [3.05, 3.63) is 265 Å². The Hall–Kier alpha value is -9.88. The molecule has 80 heavy (non-hydrogen) atoms. The van der Waals surface area contributed by atoms with Crippen molar-refractivity contribution in [3.8, 4) is 89.0 Å². The molecule has 1 aliphatic carbocycles. The fourth-order valence-electron chi connectivity index (χ4n) is 14.4. The van der Waals surface area contributed by atoms with E-state index < -0.39 is 0 Å². The van der Waals surface area contributed by atoms with Gasteiger partial charge in [-0.25, -0.2) is 0 Å². The summed E-state index contributed by atoms with van der Waals surface area (Å²) in [6.45, 7) is 8.74. The lowest BCUT2D eigenvalue weighted by atomic mass is 9.78. The molecular weight excluding hydrogens is 961 g/mol. The minimum Gasteiger partial charge on any atom is -0.0622 e. The average molecular weight is 1010 g/mol. The standard InChI is InChI=1S/C80H52/c1-45-15-23-49(24-16-45)55-41-57-42-56(50-25-17-46(2)18-26-50)44-69-65-36-34-61-63-38-40-67-76-66(39-37-62(74(63)76)60-33-35-64(75(65)73(60)61)68(43-55)70(57)69)79-71(53-27-19-47(3)20-28-53)77-58(51-11-7-5-8-12-51)31-32-59(52-13-9-6-10-14-52)78(77)72(80(67)79)54-29-21-48(4)22-30-54/h5-44H,1-4H3. The smallest absolute Gasteiger partial charge is 0.000717 e. The highest BCUT2D eigenvalue weighted by Crippen LogP contribution is 2.62. The molecule has 0 nitrogen and oxygen atoms in total. The molecule has 0 saturated carbocycles. The zero-order valence-electron chi connectivity index (χ0n) is 45.1. The fourth-order valence-corrected chi connectivity index (χ4v) is 14.4. The lowest BCUT2D eigenvalue weighted by Gasteiger charge is -2.25. The van der Waals surface area contributed by atoms with E-state index >= 15 is 0 Å². The molecule has 0 atom stereocenters. The minimum atomic E-state index is 1.21. The van der Waals surface area contributed by atoms with Crippen LogP contribution in [0.15, 0.2) is 243 Å². The molecule has 0 unspecified atom stereocenters. The van der Waals surface area contributed by atoms with Crippen LogP contribution in [-0.4, -0.2) is 0 Å². The number of hydrogen-bond donors (Lipinski definition) is 0. The van der Waals surface area contributed by atoms with E-state index in [4.69, 9.17) is 0 Å². The van der Waals surface area contributed by atoms with Gasteiger partial charge in [0.05, 0.1) is 0 Å². The second-order valence-corrected chi connectivity index (χ2v) is 22.9. The van der Waals surface area contributed by atoms with Gasteiger partial charge in [0.2, 0.25) is 0 Å². The van der Waals surface area contributed by atoms with Gasteiger partial charge < -0.3 is 0 Å². The summed E-state index contributed by atoms with van der Waals surface area (Å²) < 4.78 is 0. The Labute approximate surface area is 465 Å². The first kappa shape index (κ1) is 45.2. The molecule has 372 valence electrons. The number of fused-ring (bicyclic) bond motifs is 8. The van der Waals surface area contributed by atoms with Crippen molar-refractivity contribution < 1.29 is 0 Å². The minimum absolute atomic E-state index is 1.21. The number of rotatable bonds is 6. The molecule has 0 amide bonds. The maximum Gasteiger partial charge on any atom is -0.000717 e. The molecule has 0 spiro atoms. The van der Waals surface area contributed by atoms with Crippen LogP contribution in [0.1, 0.15) is 22.3 Å². The van der Waals surface area contributed by atoms with Gasteiger partial charge in [-0.3, -0.25) is 0 Å². The Morgan fingerprint density at radius 2 is 0.487 bits per heavy atom. The highest BCUT2D eigenvalue weighted by atomic mass is 14.4. The largest absolute Gasteiger partial charge is 0.0622 e. The van der Waals surface area contributed by atoms with E-state index in [1.54, 1.807) is 0 Å². The number of hydrogen-bond acceptors (Lipinski definition) is 0. The van der Waals surface area contributed by atoms with Crippen LogP contribution in [-0.2, 0) is 0 Å². The van der Waals surface area contributed by atoms with Gasteiger partial charge in [0, 0.05) is 0 Å². The van der Waals surface area contributed by atoms with Crippen molar-refractivity contribution in [2.75, 3.05) is 0 Å². The lowest BCUT2D eigenvalue weighted by molar-refractivity contribution is 1.47. The van der Waals surface area contributed by atoms with Crippen LogP contribution in [0.25, 0.3) is 175 Å². The van der Waals surface area contributed by atoms with Crippen LogP contribution in [0, 0.1) is 27.7 Å². The molecule has 17 rings (SSSR count). The molecule has 0 heteroatoms. The van der Waals surface area contributed by atoms with Gasteiger partial charge in [0.15, 0.2) is 0 Å². The van der Waals surface area contributed by atoms with E-state index in [1.165, 1.54) is 197 Å². The van der Waals surface area contributed by atoms with Gasteiger partial charge in [0.25, 0.3) is 0 Å². The van der Waals surface area contributed by atoms with Gasteiger partial charge in [-0.15, -0.1) is 0 Å². The monoisotopic (exact) mass is 1010 g/mol. The molecule has 0 heterocycles. The maximum absolute atomic E-state index is 2.49. The number of aryl methyl sites for hydroxylation is 4. The Kier molecular flexibility index (Phi) is 9.49. The molecule has 0 fully saturated rings. The summed E-state index contributed by atoms with van der Waals surface area (Å²) in [6.07, 6.45) is 0. The van der Waals surface area contributed by atoms with Crippen LogP contribution in [0.2, 0.25) is 0 Å². The normalized spacial score (nSPS) is 12.2. The predicted molar refractivity (Wildman–Crippen MR) is 345 cm³/mol. The van der Waals surface area contributed by atoms with Crippen LogP contribution < -0.4 is 0 Å². The average Bonchev–Trinajstić information content (AvgIpc) is 3.77. The van der Waals surface area contributed by atoms with Crippen molar-refractivity contribution in [2.24, 2.45) is 0 Å². The maximum atomic E-state index is 2.49. The van der Waals surface area contributed by atoms with Gasteiger partial charge in [-0.2, -0.15) is 0 Å². The van der Waals surface area contributed by atoms with E-state index in [9.17, 15) is 0 Å². The first-order chi connectivity index (χ1) is 39.3. The lowest BCUT2D eigenvalue weighted by Crippen LogP contribution is -1.98. The third-order valence-corrected chi connectivity index (χ3v) is 18.1. The second-order valence-electron chi connectivity index (χ2n) is 22.9. The quantitative estimate of drug-likeness (QED) is 0.115. The highest BCUT2D eigenvalue weighted by molar-refractivity contribution is 6.45. The molecule has 0 aliphatic heterocycles. The molecular formula is C80H52. The van der Waals surface area contributed by atoms with E-state index in [1.807, 2.05) is 0 Å². The predicted octanol–water partition coefficient (Wildman–Crippen LogP) is 22.7. The molecule has 0 bridgehead atoms. The van der Waals surface area contributed by atoms with Crippen LogP contribution in [0.5, 0.6) is 0 Å². The molecule has 1 aliphatic rings. The van der Waals surface area contributed by atoms with Gasteiger partial charge in [-0.1, -0.05) is 241 Å². The molecule has 0 N–H and O–H groups in total. The Balaban J connectivity index is 1.02. The topological polar surface area (TPSA) is 0 Å². The SMILES string of the molecule is Cc1ccc(-c2cc3cc(-c4ccc(C)cc4)cc4c5ccc6c7ccc8c9c(ccc(c%10ccc(c(c2)c34)c5c%106)c97)-c2c-8c(-c3ccc(C)cc3)c3c(-c4ccccc4)ccc(-c4ccccc4)c3c2-c2ccc(C)cc2)cc1. The van der Waals surface area contributed by atoms with Crippen LogP contribution in [0.4, 0.5) is 0 Å². The van der Waals surface area contributed by atoms with E-state index in [0.29, 0.717) is 0 Å². The Morgan fingerprint density at radius 3 is 0.863 bits per heavy atom. The van der Waals surface area contributed by atoms with Crippen molar-refractivity contribution in [3.63, 3.8) is 0 Å². The second kappa shape index (κ2) is 16.8. The first-order valence-electron chi connectivity index (χ1n) is 28.2. The molecule has 0 radical (unpaired) electrons. The Bertz CT molecular complexity index is 4920.